The highest BCUT2D eigenvalue weighted by Crippen LogP contribution is 2.17. The minimum atomic E-state index is -0.373. The lowest BCUT2D eigenvalue weighted by Gasteiger charge is -2.22. The number of carbonyl (C=O) groups excluding carboxylic acids is 1. The van der Waals surface area contributed by atoms with Crippen LogP contribution in [-0.2, 0) is 11.3 Å². The van der Waals surface area contributed by atoms with Crippen molar-refractivity contribution in [3.63, 3.8) is 0 Å². The quantitative estimate of drug-likeness (QED) is 0.387. The number of guanidine groups is 1. The molecule has 1 saturated heterocycles. The molecule has 166 valence electrons. The molecular weight excluding hydrogens is 395 g/mol. The summed E-state index contributed by atoms with van der Waals surface area (Å²) in [4.78, 5) is 18.7. The van der Waals surface area contributed by atoms with Gasteiger partial charge in [0.05, 0.1) is 13.2 Å². The van der Waals surface area contributed by atoms with E-state index >= 15 is 0 Å². The lowest BCUT2D eigenvalue weighted by Crippen LogP contribution is -2.43. The third-order valence-corrected chi connectivity index (χ3v) is 5.39. The van der Waals surface area contributed by atoms with Gasteiger partial charge in [-0.2, -0.15) is 0 Å². The van der Waals surface area contributed by atoms with E-state index in [2.05, 4.69) is 32.7 Å². The Labute approximate surface area is 183 Å². The summed E-state index contributed by atoms with van der Waals surface area (Å²) < 4.78 is 19.5. The van der Waals surface area contributed by atoms with Gasteiger partial charge in [-0.25, -0.2) is 4.39 Å². The topological polar surface area (TPSA) is 66.0 Å². The zero-order valence-electron chi connectivity index (χ0n) is 18.2. The van der Waals surface area contributed by atoms with Gasteiger partial charge in [-0.1, -0.05) is 36.4 Å². The Morgan fingerprint density at radius 3 is 2.71 bits per heavy atom. The van der Waals surface area contributed by atoms with Gasteiger partial charge >= 0.3 is 0 Å². The minimum Gasteiger partial charge on any atom is -0.376 e. The molecule has 1 aliphatic heterocycles. The SMILES string of the molecule is CN=C(NCCNC(=O)c1ccc(C)c(F)c1)N1CCC(COCc2ccccc2)C1. The summed E-state index contributed by atoms with van der Waals surface area (Å²) in [5.74, 6) is 0.634. The molecule has 1 atom stereocenters. The van der Waals surface area contributed by atoms with Crippen molar-refractivity contribution < 1.29 is 13.9 Å². The highest BCUT2D eigenvalue weighted by molar-refractivity contribution is 5.94. The number of carbonyl (C=O) groups is 1. The van der Waals surface area contributed by atoms with Crippen LogP contribution in [0.25, 0.3) is 0 Å². The summed E-state index contributed by atoms with van der Waals surface area (Å²) in [5, 5.41) is 6.09. The maximum atomic E-state index is 13.6. The van der Waals surface area contributed by atoms with Gasteiger partial charge in [0.1, 0.15) is 5.82 Å². The number of hydrogen-bond acceptors (Lipinski definition) is 3. The predicted octanol–water partition coefficient (Wildman–Crippen LogP) is 2.98. The first-order valence-corrected chi connectivity index (χ1v) is 10.7. The van der Waals surface area contributed by atoms with E-state index in [1.807, 2.05) is 18.2 Å². The molecule has 1 aliphatic rings. The molecule has 0 spiro atoms. The Hall–Kier alpha value is -2.93. The normalized spacial score (nSPS) is 16.4. The average Bonchev–Trinajstić information content (AvgIpc) is 3.25. The second-order valence-corrected chi connectivity index (χ2v) is 7.80. The molecule has 6 nitrogen and oxygen atoms in total. The van der Waals surface area contributed by atoms with Crippen LogP contribution in [0, 0.1) is 18.7 Å². The molecule has 2 aromatic rings. The van der Waals surface area contributed by atoms with Crippen molar-refractivity contribution in [2.45, 2.75) is 20.0 Å². The molecule has 2 N–H and O–H groups in total. The van der Waals surface area contributed by atoms with Crippen molar-refractivity contribution in [2.24, 2.45) is 10.9 Å². The number of nitrogens with one attached hydrogen (secondary N) is 2. The highest BCUT2D eigenvalue weighted by Gasteiger charge is 2.24. The number of nitrogens with zero attached hydrogens (tertiary/aromatic N) is 2. The van der Waals surface area contributed by atoms with Crippen LogP contribution in [-0.4, -0.2) is 56.6 Å². The predicted molar refractivity (Wildman–Crippen MR) is 121 cm³/mol. The van der Waals surface area contributed by atoms with Gasteiger partial charge in [-0.05, 0) is 36.6 Å². The van der Waals surface area contributed by atoms with Crippen molar-refractivity contribution in [1.82, 2.24) is 15.5 Å². The molecule has 1 amide bonds. The zero-order valence-corrected chi connectivity index (χ0v) is 18.2. The Morgan fingerprint density at radius 2 is 1.97 bits per heavy atom. The van der Waals surface area contributed by atoms with E-state index < -0.39 is 0 Å². The van der Waals surface area contributed by atoms with E-state index in [9.17, 15) is 9.18 Å². The molecule has 31 heavy (non-hydrogen) atoms. The van der Waals surface area contributed by atoms with Crippen LogP contribution < -0.4 is 10.6 Å². The van der Waals surface area contributed by atoms with Crippen LogP contribution in [0.1, 0.15) is 27.9 Å². The van der Waals surface area contributed by atoms with Crippen molar-refractivity contribution in [3.8, 4) is 0 Å². The van der Waals surface area contributed by atoms with Crippen molar-refractivity contribution in [2.75, 3.05) is 39.8 Å². The number of ether oxygens (including phenoxy) is 1. The van der Waals surface area contributed by atoms with Gasteiger partial charge in [0, 0.05) is 44.7 Å². The third kappa shape index (κ3) is 6.79. The monoisotopic (exact) mass is 426 g/mol. The molecule has 1 unspecified atom stereocenters. The molecule has 2 aromatic carbocycles. The van der Waals surface area contributed by atoms with Crippen LogP contribution in [0.4, 0.5) is 4.39 Å². The van der Waals surface area contributed by atoms with Gasteiger partial charge < -0.3 is 20.3 Å². The summed E-state index contributed by atoms with van der Waals surface area (Å²) in [5.41, 5.74) is 2.03. The maximum Gasteiger partial charge on any atom is 0.251 e. The molecule has 0 aromatic heterocycles. The molecule has 1 fully saturated rings. The molecule has 0 aliphatic carbocycles. The fraction of sp³-hybridized carbons (Fsp3) is 0.417. The fourth-order valence-corrected chi connectivity index (χ4v) is 3.60. The number of amides is 1. The van der Waals surface area contributed by atoms with Gasteiger partial charge in [-0.3, -0.25) is 9.79 Å². The summed E-state index contributed by atoms with van der Waals surface area (Å²) in [6.45, 7) is 5.81. The molecule has 3 rings (SSSR count). The smallest absolute Gasteiger partial charge is 0.251 e. The lowest BCUT2D eigenvalue weighted by atomic mass is 10.1. The molecular formula is C24H31FN4O2. The number of hydrogen-bond donors (Lipinski definition) is 2. The number of benzene rings is 2. The first-order chi connectivity index (χ1) is 15.1. The lowest BCUT2D eigenvalue weighted by molar-refractivity contribution is 0.0906. The summed E-state index contributed by atoms with van der Waals surface area (Å²) >= 11 is 0. The molecule has 1 heterocycles. The van der Waals surface area contributed by atoms with Crippen LogP contribution in [0.15, 0.2) is 53.5 Å². The van der Waals surface area contributed by atoms with E-state index in [4.69, 9.17) is 4.74 Å². The molecule has 0 bridgehead atoms. The van der Waals surface area contributed by atoms with Crippen molar-refractivity contribution in [1.29, 1.82) is 0 Å². The summed E-state index contributed by atoms with van der Waals surface area (Å²) in [7, 11) is 1.76. The third-order valence-electron chi connectivity index (χ3n) is 5.39. The second kappa shape index (κ2) is 11.5. The number of likely N-dealkylation sites (tertiary alicyclic amines) is 1. The molecule has 0 saturated carbocycles. The molecule has 0 radical (unpaired) electrons. The molecule has 7 heteroatoms. The summed E-state index contributed by atoms with van der Waals surface area (Å²) in [6, 6.07) is 14.7. The second-order valence-electron chi connectivity index (χ2n) is 7.80. The first kappa shape index (κ1) is 22.7. The van der Waals surface area contributed by atoms with Crippen LogP contribution in [0.2, 0.25) is 0 Å². The minimum absolute atomic E-state index is 0.285. The zero-order chi connectivity index (χ0) is 22.1. The Balaban J connectivity index is 1.35. The highest BCUT2D eigenvalue weighted by atomic mass is 19.1. The van der Waals surface area contributed by atoms with Gasteiger partial charge in [0.25, 0.3) is 5.91 Å². The van der Waals surface area contributed by atoms with Crippen LogP contribution >= 0.6 is 0 Å². The largest absolute Gasteiger partial charge is 0.376 e. The van der Waals surface area contributed by atoms with E-state index in [-0.39, 0.29) is 11.7 Å². The van der Waals surface area contributed by atoms with Gasteiger partial charge in [0.15, 0.2) is 5.96 Å². The maximum absolute atomic E-state index is 13.6. The van der Waals surface area contributed by atoms with E-state index in [0.717, 1.165) is 32.1 Å². The number of halogens is 1. The first-order valence-electron chi connectivity index (χ1n) is 10.7. The van der Waals surface area contributed by atoms with Crippen LogP contribution in [0.3, 0.4) is 0 Å². The fourth-order valence-electron chi connectivity index (χ4n) is 3.60. The van der Waals surface area contributed by atoms with Crippen LogP contribution in [0.5, 0.6) is 0 Å². The van der Waals surface area contributed by atoms with E-state index in [0.29, 0.717) is 36.7 Å². The average molecular weight is 427 g/mol. The standard InChI is InChI=1S/C24H31FN4O2/c1-18-8-9-21(14-22(18)25)23(30)27-11-12-28-24(26-2)29-13-10-20(15-29)17-31-16-19-6-4-3-5-7-19/h3-9,14,20H,10-13,15-17H2,1-2H3,(H,26,28)(H,27,30). The van der Waals surface area contributed by atoms with Crippen molar-refractivity contribution in [3.05, 3.63) is 71.0 Å². The van der Waals surface area contributed by atoms with Crippen molar-refractivity contribution >= 4 is 11.9 Å². The number of aliphatic imine (C=N–C) groups is 1. The van der Waals surface area contributed by atoms with E-state index in [1.54, 1.807) is 26.1 Å². The number of rotatable bonds is 8. The Kier molecular flexibility index (Phi) is 8.41. The Bertz CT molecular complexity index is 888. The van der Waals surface area contributed by atoms with E-state index in [1.165, 1.54) is 11.6 Å². The summed E-state index contributed by atoms with van der Waals surface area (Å²) in [6.07, 6.45) is 1.06. The Morgan fingerprint density at radius 1 is 1.19 bits per heavy atom. The van der Waals surface area contributed by atoms with Gasteiger partial charge in [0.2, 0.25) is 0 Å². The number of aryl methyl sites for hydroxylation is 1. The van der Waals surface area contributed by atoms with Gasteiger partial charge in [-0.15, -0.1) is 0 Å².